The van der Waals surface area contributed by atoms with E-state index in [0.29, 0.717) is 0 Å². The molecule has 0 saturated carbocycles. The number of benzene rings is 2. The standard InChI is InChI=1S/C16H11N3/c1-2-6-12(7-3-1)15-10-13-8-4-5-9-14(13)16-11-17-18-19(15)16/h1-11H. The summed E-state index contributed by atoms with van der Waals surface area (Å²) in [7, 11) is 0. The number of rotatable bonds is 1. The summed E-state index contributed by atoms with van der Waals surface area (Å²) in [6.07, 6.45) is 1.81. The molecule has 0 aliphatic heterocycles. The molecule has 0 spiro atoms. The smallest absolute Gasteiger partial charge is 0.0950 e. The van der Waals surface area contributed by atoms with Crippen molar-refractivity contribution in [2.75, 3.05) is 0 Å². The van der Waals surface area contributed by atoms with Crippen molar-refractivity contribution in [3.05, 3.63) is 66.9 Å². The van der Waals surface area contributed by atoms with Gasteiger partial charge in [0, 0.05) is 10.9 Å². The molecular formula is C16H11N3. The Labute approximate surface area is 110 Å². The van der Waals surface area contributed by atoms with E-state index in [-0.39, 0.29) is 0 Å². The van der Waals surface area contributed by atoms with Crippen molar-refractivity contribution in [1.29, 1.82) is 0 Å². The maximum Gasteiger partial charge on any atom is 0.0950 e. The quantitative estimate of drug-likeness (QED) is 0.513. The third kappa shape index (κ3) is 1.52. The lowest BCUT2D eigenvalue weighted by Crippen LogP contribution is -1.95. The summed E-state index contributed by atoms with van der Waals surface area (Å²) in [6.45, 7) is 0. The van der Waals surface area contributed by atoms with Crippen molar-refractivity contribution in [2.45, 2.75) is 0 Å². The molecule has 0 bridgehead atoms. The highest BCUT2D eigenvalue weighted by atomic mass is 15.4. The third-order valence-electron chi connectivity index (χ3n) is 3.38. The monoisotopic (exact) mass is 245 g/mol. The number of hydrogen-bond acceptors (Lipinski definition) is 2. The van der Waals surface area contributed by atoms with E-state index in [4.69, 9.17) is 0 Å². The predicted octanol–water partition coefficient (Wildman–Crippen LogP) is 3.55. The second-order valence-corrected chi connectivity index (χ2v) is 4.51. The number of pyridine rings is 1. The van der Waals surface area contributed by atoms with Gasteiger partial charge in [0.05, 0.1) is 17.4 Å². The van der Waals surface area contributed by atoms with Crippen LogP contribution in [0.2, 0.25) is 0 Å². The predicted molar refractivity (Wildman–Crippen MR) is 75.9 cm³/mol. The number of nitrogens with zero attached hydrogens (tertiary/aromatic N) is 3. The Bertz CT molecular complexity index is 863. The molecule has 2 aromatic carbocycles. The fourth-order valence-electron chi connectivity index (χ4n) is 2.48. The van der Waals surface area contributed by atoms with Crippen LogP contribution < -0.4 is 0 Å². The average Bonchev–Trinajstić information content (AvgIpc) is 2.97. The van der Waals surface area contributed by atoms with Crippen LogP contribution in [-0.2, 0) is 0 Å². The molecule has 0 N–H and O–H groups in total. The van der Waals surface area contributed by atoms with Gasteiger partial charge in [0.1, 0.15) is 0 Å². The maximum absolute atomic E-state index is 4.21. The van der Waals surface area contributed by atoms with Gasteiger partial charge in [0.2, 0.25) is 0 Å². The minimum absolute atomic E-state index is 1.04. The van der Waals surface area contributed by atoms with Crippen LogP contribution in [0.3, 0.4) is 0 Å². The van der Waals surface area contributed by atoms with E-state index in [1.165, 1.54) is 10.8 Å². The molecule has 3 nitrogen and oxygen atoms in total. The summed E-state index contributed by atoms with van der Waals surface area (Å²) in [6, 6.07) is 20.7. The van der Waals surface area contributed by atoms with E-state index in [1.54, 1.807) is 0 Å². The Kier molecular flexibility index (Phi) is 2.12. The Morgan fingerprint density at radius 3 is 2.53 bits per heavy atom. The Morgan fingerprint density at radius 1 is 0.842 bits per heavy atom. The van der Waals surface area contributed by atoms with Gasteiger partial charge in [-0.05, 0) is 11.5 Å². The van der Waals surface area contributed by atoms with Crippen LogP contribution in [0.15, 0.2) is 66.9 Å². The highest BCUT2D eigenvalue weighted by Crippen LogP contribution is 2.27. The normalized spacial score (nSPS) is 11.2. The molecule has 0 unspecified atom stereocenters. The zero-order valence-corrected chi connectivity index (χ0v) is 10.2. The minimum Gasteiger partial charge on any atom is -0.212 e. The first kappa shape index (κ1) is 10.3. The number of hydrogen-bond donors (Lipinski definition) is 0. The molecule has 0 aliphatic carbocycles. The van der Waals surface area contributed by atoms with Gasteiger partial charge in [0.15, 0.2) is 0 Å². The Hall–Kier alpha value is -2.68. The summed E-state index contributed by atoms with van der Waals surface area (Å²) in [5.74, 6) is 0. The second-order valence-electron chi connectivity index (χ2n) is 4.51. The van der Waals surface area contributed by atoms with Gasteiger partial charge in [-0.3, -0.25) is 0 Å². The summed E-state index contributed by atoms with van der Waals surface area (Å²) >= 11 is 0. The van der Waals surface area contributed by atoms with Gasteiger partial charge in [0.25, 0.3) is 0 Å². The number of aromatic nitrogens is 3. The van der Waals surface area contributed by atoms with Gasteiger partial charge in [-0.1, -0.05) is 59.8 Å². The minimum atomic E-state index is 1.04. The largest absolute Gasteiger partial charge is 0.212 e. The van der Waals surface area contributed by atoms with E-state index < -0.39 is 0 Å². The van der Waals surface area contributed by atoms with Gasteiger partial charge in [-0.25, -0.2) is 4.52 Å². The molecule has 90 valence electrons. The molecule has 0 fully saturated rings. The van der Waals surface area contributed by atoms with E-state index in [0.717, 1.165) is 16.8 Å². The molecule has 4 aromatic rings. The number of fused-ring (bicyclic) bond motifs is 3. The van der Waals surface area contributed by atoms with Crippen LogP contribution in [-0.4, -0.2) is 14.8 Å². The van der Waals surface area contributed by atoms with Crippen LogP contribution in [0.25, 0.3) is 27.5 Å². The summed E-state index contributed by atoms with van der Waals surface area (Å²) in [5, 5.41) is 10.6. The molecule has 0 aliphatic rings. The van der Waals surface area contributed by atoms with E-state index in [2.05, 4.69) is 46.7 Å². The molecule has 0 radical (unpaired) electrons. The van der Waals surface area contributed by atoms with E-state index in [9.17, 15) is 0 Å². The van der Waals surface area contributed by atoms with E-state index >= 15 is 0 Å². The van der Waals surface area contributed by atoms with Crippen LogP contribution in [0.1, 0.15) is 0 Å². The zero-order valence-electron chi connectivity index (χ0n) is 10.2. The lowest BCUT2D eigenvalue weighted by atomic mass is 10.1. The van der Waals surface area contributed by atoms with Crippen LogP contribution in [0.4, 0.5) is 0 Å². The van der Waals surface area contributed by atoms with Crippen LogP contribution in [0.5, 0.6) is 0 Å². The molecule has 2 heterocycles. The third-order valence-corrected chi connectivity index (χ3v) is 3.38. The topological polar surface area (TPSA) is 30.2 Å². The Balaban J connectivity index is 2.17. The summed E-state index contributed by atoms with van der Waals surface area (Å²) in [4.78, 5) is 0. The SMILES string of the molecule is c1ccc(-c2cc3ccccc3c3cnnn23)cc1. The molecular weight excluding hydrogens is 234 g/mol. The van der Waals surface area contributed by atoms with Gasteiger partial charge in [-0.2, -0.15) is 0 Å². The van der Waals surface area contributed by atoms with Gasteiger partial charge < -0.3 is 0 Å². The highest BCUT2D eigenvalue weighted by molar-refractivity contribution is 5.97. The summed E-state index contributed by atoms with van der Waals surface area (Å²) < 4.78 is 1.90. The van der Waals surface area contributed by atoms with Crippen molar-refractivity contribution < 1.29 is 0 Å². The maximum atomic E-state index is 4.21. The lowest BCUT2D eigenvalue weighted by molar-refractivity contribution is 0.864. The first-order chi connectivity index (χ1) is 9.43. The Morgan fingerprint density at radius 2 is 1.63 bits per heavy atom. The average molecular weight is 245 g/mol. The second kappa shape index (κ2) is 3.92. The van der Waals surface area contributed by atoms with Crippen LogP contribution in [0, 0.1) is 0 Å². The molecule has 4 rings (SSSR count). The molecule has 0 atom stereocenters. The lowest BCUT2D eigenvalue weighted by Gasteiger charge is -2.07. The zero-order chi connectivity index (χ0) is 12.7. The van der Waals surface area contributed by atoms with Crippen molar-refractivity contribution in [3.63, 3.8) is 0 Å². The van der Waals surface area contributed by atoms with Crippen molar-refractivity contribution in [3.8, 4) is 11.3 Å². The van der Waals surface area contributed by atoms with Crippen molar-refractivity contribution >= 4 is 16.3 Å². The fraction of sp³-hybridized carbons (Fsp3) is 0. The fourth-order valence-corrected chi connectivity index (χ4v) is 2.48. The van der Waals surface area contributed by atoms with Crippen molar-refractivity contribution in [1.82, 2.24) is 14.8 Å². The highest BCUT2D eigenvalue weighted by Gasteiger charge is 2.08. The molecule has 19 heavy (non-hydrogen) atoms. The van der Waals surface area contributed by atoms with Gasteiger partial charge >= 0.3 is 0 Å². The van der Waals surface area contributed by atoms with Crippen LogP contribution >= 0.6 is 0 Å². The molecule has 0 saturated heterocycles. The van der Waals surface area contributed by atoms with Crippen molar-refractivity contribution in [2.24, 2.45) is 0 Å². The van der Waals surface area contributed by atoms with E-state index in [1.807, 2.05) is 35.0 Å². The molecule has 3 heteroatoms. The molecule has 0 amide bonds. The summed E-state index contributed by atoms with van der Waals surface area (Å²) in [5.41, 5.74) is 3.24. The first-order valence-electron chi connectivity index (χ1n) is 6.21. The van der Waals surface area contributed by atoms with Gasteiger partial charge in [-0.15, -0.1) is 5.10 Å². The first-order valence-corrected chi connectivity index (χ1v) is 6.21. The molecule has 2 aromatic heterocycles.